The van der Waals surface area contributed by atoms with Crippen molar-refractivity contribution in [1.29, 1.82) is 0 Å². The minimum Gasteiger partial charge on any atom is -0.493 e. The van der Waals surface area contributed by atoms with Crippen molar-refractivity contribution >= 4 is 0 Å². The van der Waals surface area contributed by atoms with E-state index in [9.17, 15) is 0 Å². The van der Waals surface area contributed by atoms with Gasteiger partial charge in [-0.1, -0.05) is 64.2 Å². The van der Waals surface area contributed by atoms with Crippen LogP contribution in [0, 0.1) is 6.42 Å². The zero-order valence-corrected chi connectivity index (χ0v) is 11.2. The highest BCUT2D eigenvalue weighted by molar-refractivity contribution is 5.37. The Balaban J connectivity index is 2.13. The molecule has 1 rings (SSSR count). The van der Waals surface area contributed by atoms with Gasteiger partial charge in [0.15, 0.2) is 0 Å². The van der Waals surface area contributed by atoms with Crippen LogP contribution in [0.15, 0.2) is 24.3 Å². The Morgan fingerprint density at radius 1 is 1.00 bits per heavy atom. The van der Waals surface area contributed by atoms with Crippen LogP contribution in [0.3, 0.4) is 0 Å². The Bertz CT molecular complexity index is 293. The Kier molecular flexibility index (Phi) is 7.53. The first-order chi connectivity index (χ1) is 8.38. The smallest absolute Gasteiger partial charge is 0.122 e. The van der Waals surface area contributed by atoms with Crippen LogP contribution in [0.25, 0.3) is 0 Å². The first kappa shape index (κ1) is 14.1. The van der Waals surface area contributed by atoms with E-state index in [1.54, 1.807) is 0 Å². The van der Waals surface area contributed by atoms with Crippen LogP contribution in [0.2, 0.25) is 0 Å². The SMILES string of the molecule is C[CH]c1ccccc1OCCCCCCCC. The van der Waals surface area contributed by atoms with E-state index in [4.69, 9.17) is 4.74 Å². The quantitative estimate of drug-likeness (QED) is 0.545. The van der Waals surface area contributed by atoms with Crippen LogP contribution in [-0.4, -0.2) is 6.61 Å². The molecule has 0 heterocycles. The summed E-state index contributed by atoms with van der Waals surface area (Å²) in [6.45, 7) is 5.14. The van der Waals surface area contributed by atoms with Gasteiger partial charge in [0.2, 0.25) is 0 Å². The molecule has 0 aliphatic rings. The second-order valence-electron chi connectivity index (χ2n) is 4.44. The normalized spacial score (nSPS) is 10.5. The van der Waals surface area contributed by atoms with Crippen LogP contribution in [0.4, 0.5) is 0 Å². The van der Waals surface area contributed by atoms with Crippen LogP contribution < -0.4 is 4.74 Å². The van der Waals surface area contributed by atoms with Gasteiger partial charge in [-0.25, -0.2) is 0 Å². The summed E-state index contributed by atoms with van der Waals surface area (Å²) < 4.78 is 5.80. The molecular formula is C16H25O. The zero-order chi connectivity index (χ0) is 12.3. The molecule has 0 aliphatic carbocycles. The van der Waals surface area contributed by atoms with E-state index < -0.39 is 0 Å². The number of benzene rings is 1. The molecule has 1 aromatic rings. The van der Waals surface area contributed by atoms with Crippen molar-refractivity contribution < 1.29 is 4.74 Å². The minimum atomic E-state index is 0.844. The number of para-hydroxylation sites is 1. The van der Waals surface area contributed by atoms with E-state index in [1.165, 1.54) is 44.1 Å². The van der Waals surface area contributed by atoms with Gasteiger partial charge in [-0.15, -0.1) is 0 Å². The first-order valence-corrected chi connectivity index (χ1v) is 6.89. The van der Waals surface area contributed by atoms with Gasteiger partial charge in [-0.3, -0.25) is 0 Å². The third kappa shape index (κ3) is 5.76. The standard InChI is InChI=1S/C16H25O/c1-3-5-6-7-8-11-14-17-16-13-10-9-12-15(16)4-2/h4,9-10,12-13H,3,5-8,11,14H2,1-2H3. The summed E-state index contributed by atoms with van der Waals surface area (Å²) in [6, 6.07) is 8.22. The molecule has 0 bridgehead atoms. The third-order valence-electron chi connectivity index (χ3n) is 2.99. The van der Waals surface area contributed by atoms with Crippen molar-refractivity contribution in [1.82, 2.24) is 0 Å². The average Bonchev–Trinajstić information content (AvgIpc) is 2.38. The van der Waals surface area contributed by atoms with Gasteiger partial charge < -0.3 is 4.74 Å². The molecule has 0 aliphatic heterocycles. The summed E-state index contributed by atoms with van der Waals surface area (Å²) in [4.78, 5) is 0. The second kappa shape index (κ2) is 9.09. The molecule has 0 fully saturated rings. The molecule has 0 atom stereocenters. The van der Waals surface area contributed by atoms with Crippen molar-refractivity contribution in [3.8, 4) is 5.75 Å². The van der Waals surface area contributed by atoms with Gasteiger partial charge in [0.05, 0.1) is 6.61 Å². The number of hydrogen-bond acceptors (Lipinski definition) is 1. The lowest BCUT2D eigenvalue weighted by atomic mass is 10.1. The summed E-state index contributed by atoms with van der Waals surface area (Å²) in [7, 11) is 0. The summed E-state index contributed by atoms with van der Waals surface area (Å²) in [6.07, 6.45) is 9.95. The number of rotatable bonds is 9. The van der Waals surface area contributed by atoms with Crippen LogP contribution in [-0.2, 0) is 0 Å². The minimum absolute atomic E-state index is 0.844. The molecule has 1 radical (unpaired) electrons. The molecule has 0 saturated heterocycles. The lowest BCUT2D eigenvalue weighted by molar-refractivity contribution is 0.303. The van der Waals surface area contributed by atoms with Gasteiger partial charge >= 0.3 is 0 Å². The van der Waals surface area contributed by atoms with E-state index in [-0.39, 0.29) is 0 Å². The average molecular weight is 233 g/mol. The monoisotopic (exact) mass is 233 g/mol. The Hall–Kier alpha value is -0.980. The molecule has 1 heteroatoms. The van der Waals surface area contributed by atoms with E-state index >= 15 is 0 Å². The topological polar surface area (TPSA) is 9.23 Å². The highest BCUT2D eigenvalue weighted by Crippen LogP contribution is 2.19. The summed E-state index contributed by atoms with van der Waals surface area (Å²) >= 11 is 0. The van der Waals surface area contributed by atoms with Gasteiger partial charge in [0.1, 0.15) is 5.75 Å². The molecule has 0 spiro atoms. The van der Waals surface area contributed by atoms with Gasteiger partial charge in [-0.05, 0) is 24.5 Å². The Morgan fingerprint density at radius 3 is 2.47 bits per heavy atom. The summed E-state index contributed by atoms with van der Waals surface area (Å²) in [5.41, 5.74) is 1.19. The molecule has 1 nitrogen and oxygen atoms in total. The summed E-state index contributed by atoms with van der Waals surface area (Å²) in [5, 5.41) is 0. The lowest BCUT2D eigenvalue weighted by Gasteiger charge is -2.09. The predicted molar refractivity (Wildman–Crippen MR) is 74.4 cm³/mol. The highest BCUT2D eigenvalue weighted by Gasteiger charge is 2.00. The highest BCUT2D eigenvalue weighted by atomic mass is 16.5. The van der Waals surface area contributed by atoms with E-state index in [0.717, 1.165) is 12.4 Å². The molecule has 0 N–H and O–H groups in total. The Labute approximate surface area is 106 Å². The van der Waals surface area contributed by atoms with Crippen molar-refractivity contribution in [3.05, 3.63) is 36.2 Å². The predicted octanol–water partition coefficient (Wildman–Crippen LogP) is 5.00. The van der Waals surface area contributed by atoms with Crippen molar-refractivity contribution in [2.75, 3.05) is 6.61 Å². The van der Waals surface area contributed by atoms with Gasteiger partial charge in [0, 0.05) is 0 Å². The molecule has 0 aromatic heterocycles. The number of ether oxygens (including phenoxy) is 1. The second-order valence-corrected chi connectivity index (χ2v) is 4.44. The fourth-order valence-corrected chi connectivity index (χ4v) is 1.91. The van der Waals surface area contributed by atoms with E-state index in [0.29, 0.717) is 0 Å². The van der Waals surface area contributed by atoms with Crippen molar-refractivity contribution in [3.63, 3.8) is 0 Å². The largest absolute Gasteiger partial charge is 0.493 e. The maximum atomic E-state index is 5.80. The molecule has 1 aromatic carbocycles. The fraction of sp³-hybridized carbons (Fsp3) is 0.562. The molecule has 0 saturated carbocycles. The van der Waals surface area contributed by atoms with Crippen LogP contribution in [0.5, 0.6) is 5.75 Å². The molecule has 0 unspecified atom stereocenters. The Morgan fingerprint density at radius 2 is 1.71 bits per heavy atom. The van der Waals surface area contributed by atoms with Crippen molar-refractivity contribution in [2.24, 2.45) is 0 Å². The molecule has 0 amide bonds. The molecule has 17 heavy (non-hydrogen) atoms. The maximum Gasteiger partial charge on any atom is 0.122 e. The van der Waals surface area contributed by atoms with E-state index in [2.05, 4.69) is 19.4 Å². The number of hydrogen-bond donors (Lipinski definition) is 0. The molecule has 95 valence electrons. The first-order valence-electron chi connectivity index (χ1n) is 6.89. The van der Waals surface area contributed by atoms with Gasteiger partial charge in [-0.2, -0.15) is 0 Å². The van der Waals surface area contributed by atoms with Crippen molar-refractivity contribution in [2.45, 2.75) is 52.4 Å². The van der Waals surface area contributed by atoms with Crippen LogP contribution >= 0.6 is 0 Å². The molecular weight excluding hydrogens is 208 g/mol. The maximum absolute atomic E-state index is 5.80. The van der Waals surface area contributed by atoms with Crippen LogP contribution in [0.1, 0.15) is 57.9 Å². The summed E-state index contributed by atoms with van der Waals surface area (Å²) in [5.74, 6) is 1.02. The third-order valence-corrected chi connectivity index (χ3v) is 2.99. The van der Waals surface area contributed by atoms with Gasteiger partial charge in [0.25, 0.3) is 0 Å². The fourth-order valence-electron chi connectivity index (χ4n) is 1.91. The zero-order valence-electron chi connectivity index (χ0n) is 11.2. The lowest BCUT2D eigenvalue weighted by Crippen LogP contribution is -1.99. The van der Waals surface area contributed by atoms with E-state index in [1.807, 2.05) is 25.1 Å². The number of unbranched alkanes of at least 4 members (excludes halogenated alkanes) is 5.